The van der Waals surface area contributed by atoms with Crippen molar-refractivity contribution in [2.75, 3.05) is 0 Å². The molecular weight excluding hydrogens is 334 g/mol. The number of allylic oxidation sites excluding steroid dienone is 4. The van der Waals surface area contributed by atoms with E-state index in [1.54, 1.807) is 12.2 Å². The highest BCUT2D eigenvalue weighted by atomic mass is 16.1. The van der Waals surface area contributed by atoms with Gasteiger partial charge in [0, 0.05) is 39.5 Å². The highest BCUT2D eigenvalue weighted by molar-refractivity contribution is 6.20. The molecule has 0 amide bonds. The molecule has 3 aliphatic carbocycles. The summed E-state index contributed by atoms with van der Waals surface area (Å²) in [6.07, 6.45) is 5.87. The second kappa shape index (κ2) is 6.05. The zero-order valence-corrected chi connectivity index (χ0v) is 15.4. The molecule has 0 saturated carbocycles. The molecule has 27 heavy (non-hydrogen) atoms. The highest BCUT2D eigenvalue weighted by Crippen LogP contribution is 2.32. The summed E-state index contributed by atoms with van der Waals surface area (Å²) in [5.74, 6) is -0.00738. The van der Waals surface area contributed by atoms with Gasteiger partial charge >= 0.3 is 0 Å². The van der Waals surface area contributed by atoms with Gasteiger partial charge in [-0.05, 0) is 80.2 Å². The molecule has 0 spiro atoms. The normalized spacial score (nSPS) is 17.2. The summed E-state index contributed by atoms with van der Waals surface area (Å²) in [5.41, 5.74) is 6.20. The van der Waals surface area contributed by atoms with Gasteiger partial charge in [0.15, 0.2) is 11.6 Å². The zero-order chi connectivity index (χ0) is 18.5. The lowest BCUT2D eigenvalue weighted by molar-refractivity contribution is -0.115. The number of carbonyl (C=O) groups is 2. The summed E-state index contributed by atoms with van der Waals surface area (Å²) >= 11 is 0. The van der Waals surface area contributed by atoms with Crippen LogP contribution in [0.3, 0.4) is 0 Å². The van der Waals surface area contributed by atoms with Crippen molar-refractivity contribution in [3.05, 3.63) is 70.8 Å². The minimum absolute atomic E-state index is 0.00369. The van der Waals surface area contributed by atoms with E-state index >= 15 is 0 Å². The van der Waals surface area contributed by atoms with E-state index in [2.05, 4.69) is 47.9 Å². The molecule has 0 saturated heterocycles. The number of hydrogen-bond donors (Lipinski definition) is 0. The van der Waals surface area contributed by atoms with E-state index in [0.29, 0.717) is 24.0 Å². The second-order valence-corrected chi connectivity index (χ2v) is 7.51. The summed E-state index contributed by atoms with van der Waals surface area (Å²) in [5, 5.41) is 2.56. The number of aryl methyl sites for hydroxylation is 3. The number of aromatic nitrogens is 1. The van der Waals surface area contributed by atoms with E-state index in [1.807, 2.05) is 0 Å². The van der Waals surface area contributed by atoms with Gasteiger partial charge in [-0.3, -0.25) is 9.59 Å². The number of ketones is 2. The first-order chi connectivity index (χ1) is 13.1. The molecule has 0 atom stereocenters. The fourth-order valence-electron chi connectivity index (χ4n) is 4.44. The Kier molecular flexibility index (Phi) is 3.64. The molecule has 0 fully saturated rings. The van der Waals surface area contributed by atoms with E-state index in [-0.39, 0.29) is 11.6 Å². The maximum Gasteiger partial charge on any atom is 0.182 e. The number of benzene rings is 2. The van der Waals surface area contributed by atoms with E-state index in [1.165, 1.54) is 32.9 Å². The van der Waals surface area contributed by atoms with Crippen molar-refractivity contribution in [1.29, 1.82) is 0 Å². The average molecular weight is 355 g/mol. The predicted molar refractivity (Wildman–Crippen MR) is 108 cm³/mol. The molecule has 2 aromatic carbocycles. The van der Waals surface area contributed by atoms with Gasteiger partial charge in [-0.25, -0.2) is 0 Å². The van der Waals surface area contributed by atoms with Crippen LogP contribution in [0.4, 0.5) is 0 Å². The van der Waals surface area contributed by atoms with Crippen LogP contribution in [0.5, 0.6) is 0 Å². The van der Waals surface area contributed by atoms with Crippen LogP contribution < -0.4 is 0 Å². The fourth-order valence-corrected chi connectivity index (χ4v) is 4.44. The smallest absolute Gasteiger partial charge is 0.182 e. The summed E-state index contributed by atoms with van der Waals surface area (Å²) < 4.78 is 2.36. The maximum absolute atomic E-state index is 12.4. The number of hydrogen-bond acceptors (Lipinski definition) is 2. The van der Waals surface area contributed by atoms with Gasteiger partial charge in [0.05, 0.1) is 0 Å². The molecule has 0 aliphatic heterocycles. The molecule has 3 aliphatic rings. The molecule has 0 unspecified atom stereocenters. The van der Waals surface area contributed by atoms with Gasteiger partial charge < -0.3 is 4.57 Å². The van der Waals surface area contributed by atoms with Gasteiger partial charge in [-0.15, -0.1) is 0 Å². The van der Waals surface area contributed by atoms with Crippen molar-refractivity contribution in [3.8, 4) is 0 Å². The summed E-state index contributed by atoms with van der Waals surface area (Å²) in [7, 11) is 0. The van der Waals surface area contributed by atoms with Crippen LogP contribution in [0.15, 0.2) is 59.7 Å². The van der Waals surface area contributed by atoms with Gasteiger partial charge in [0.25, 0.3) is 0 Å². The molecule has 0 radical (unpaired) electrons. The van der Waals surface area contributed by atoms with Crippen molar-refractivity contribution in [1.82, 2.24) is 4.57 Å². The van der Waals surface area contributed by atoms with Crippen LogP contribution in [0.1, 0.15) is 30.9 Å². The van der Waals surface area contributed by atoms with Gasteiger partial charge in [-0.1, -0.05) is 12.1 Å². The van der Waals surface area contributed by atoms with Crippen molar-refractivity contribution in [3.63, 3.8) is 0 Å². The van der Waals surface area contributed by atoms with Crippen molar-refractivity contribution in [2.24, 2.45) is 0 Å². The Hall–Kier alpha value is -2.94. The molecule has 3 nitrogen and oxygen atoms in total. The molecule has 1 heterocycles. The van der Waals surface area contributed by atoms with E-state index in [0.717, 1.165) is 19.4 Å². The van der Waals surface area contributed by atoms with E-state index < -0.39 is 0 Å². The van der Waals surface area contributed by atoms with Crippen molar-refractivity contribution >= 4 is 33.4 Å². The lowest BCUT2D eigenvalue weighted by atomic mass is 9.89. The van der Waals surface area contributed by atoms with E-state index in [4.69, 9.17) is 0 Å². The van der Waals surface area contributed by atoms with Crippen LogP contribution in [-0.4, -0.2) is 16.1 Å². The Morgan fingerprint density at radius 2 is 1.22 bits per heavy atom. The summed E-state index contributed by atoms with van der Waals surface area (Å²) in [6.45, 7) is 3.11. The largest absolute Gasteiger partial charge is 0.341 e. The van der Waals surface area contributed by atoms with Gasteiger partial charge in [-0.2, -0.15) is 0 Å². The molecule has 3 heteroatoms. The van der Waals surface area contributed by atoms with Crippen LogP contribution >= 0.6 is 0 Å². The standard InChI is InChI=1S/C24H21NO2/c1-2-25-21-9-5-15-3-7-17-13-24(27)18(14-23(17)26)8-4-16-6-10-22(25)20(12-16)19(21)11-15/h5-6,9-14H,2-4,7-8H2,1H3. The summed E-state index contributed by atoms with van der Waals surface area (Å²) in [6, 6.07) is 13.2. The first kappa shape index (κ1) is 16.2. The predicted octanol–water partition coefficient (Wildman–Crippen LogP) is 4.70. The van der Waals surface area contributed by atoms with Crippen LogP contribution in [0.2, 0.25) is 0 Å². The van der Waals surface area contributed by atoms with Crippen molar-refractivity contribution < 1.29 is 9.59 Å². The molecule has 0 N–H and O–H groups in total. The monoisotopic (exact) mass is 355 g/mol. The minimum atomic E-state index is -0.00369. The fraction of sp³-hybridized carbons (Fsp3) is 0.250. The third-order valence-electron chi connectivity index (χ3n) is 5.92. The quantitative estimate of drug-likeness (QED) is 0.594. The molecule has 6 bridgehead atoms. The first-order valence-electron chi connectivity index (χ1n) is 9.67. The Labute approximate surface area is 158 Å². The molecular formula is C24H21NO2. The van der Waals surface area contributed by atoms with Gasteiger partial charge in [0.2, 0.25) is 0 Å². The third-order valence-corrected chi connectivity index (χ3v) is 5.92. The Morgan fingerprint density at radius 1 is 0.741 bits per heavy atom. The Balaban J connectivity index is 1.73. The Bertz CT molecular complexity index is 1100. The lowest BCUT2D eigenvalue weighted by Crippen LogP contribution is -2.14. The minimum Gasteiger partial charge on any atom is -0.341 e. The van der Waals surface area contributed by atoms with E-state index in [9.17, 15) is 9.59 Å². The molecule has 3 aromatic rings. The number of nitrogens with zero attached hydrogens (tertiary/aromatic N) is 1. The Morgan fingerprint density at radius 3 is 1.67 bits per heavy atom. The van der Waals surface area contributed by atoms with Crippen molar-refractivity contribution in [2.45, 2.75) is 39.2 Å². The maximum atomic E-state index is 12.4. The summed E-state index contributed by atoms with van der Waals surface area (Å²) in [4.78, 5) is 24.9. The molecule has 6 rings (SSSR count). The number of fused-ring (bicyclic) bond motifs is 4. The number of carbonyl (C=O) groups excluding carboxylic acids is 2. The highest BCUT2D eigenvalue weighted by Gasteiger charge is 2.21. The molecule has 1 aromatic heterocycles. The molecule has 134 valence electrons. The number of rotatable bonds is 1. The topological polar surface area (TPSA) is 39.1 Å². The second-order valence-electron chi connectivity index (χ2n) is 7.51. The van der Waals surface area contributed by atoms with Gasteiger partial charge in [0.1, 0.15) is 0 Å². The third kappa shape index (κ3) is 2.57. The SMILES string of the molecule is CCn1c2ccc3cc2c2cc(ccc21)CCC1=CC(=O)C(=CC1=O)CC3. The first-order valence-corrected chi connectivity index (χ1v) is 9.67. The average Bonchev–Trinajstić information content (AvgIpc) is 2.99. The van der Waals surface area contributed by atoms with Crippen LogP contribution in [-0.2, 0) is 29.0 Å². The zero-order valence-electron chi connectivity index (χ0n) is 15.4. The van der Waals surface area contributed by atoms with Crippen LogP contribution in [0, 0.1) is 0 Å². The lowest BCUT2D eigenvalue weighted by Gasteiger charge is -2.13. The van der Waals surface area contributed by atoms with Crippen LogP contribution in [0.25, 0.3) is 21.8 Å².